The predicted octanol–water partition coefficient (Wildman–Crippen LogP) is 6.97. The summed E-state index contributed by atoms with van der Waals surface area (Å²) in [7, 11) is 0. The smallest absolute Gasteiger partial charge is 0.220 e. The lowest BCUT2D eigenvalue weighted by Crippen LogP contribution is -2.10. The average molecular weight is 417 g/mol. The number of aryl methyl sites for hydroxylation is 1. The summed E-state index contributed by atoms with van der Waals surface area (Å²) in [6, 6.07) is 16.4. The Morgan fingerprint density at radius 1 is 0.897 bits per heavy atom. The second-order valence-electron chi connectivity index (χ2n) is 5.92. The highest BCUT2D eigenvalue weighted by atomic mass is 32.2. The van der Waals surface area contributed by atoms with Gasteiger partial charge in [-0.3, -0.25) is 0 Å². The minimum atomic E-state index is -1.63. The molecule has 0 amide bonds. The number of aliphatic imine (C=N–C) groups is 1. The van der Waals surface area contributed by atoms with Gasteiger partial charge in [0.15, 0.2) is 11.6 Å². The number of halogens is 4. The van der Waals surface area contributed by atoms with Crippen LogP contribution in [0.25, 0.3) is 0 Å². The van der Waals surface area contributed by atoms with Crippen LogP contribution in [0.4, 0.5) is 23.2 Å². The average Bonchev–Trinajstić information content (AvgIpc) is 2.72. The first kappa shape index (κ1) is 20.7. The number of thioether (sulfide) groups is 1. The molecule has 0 saturated heterocycles. The molecule has 0 saturated carbocycles. The van der Waals surface area contributed by atoms with Crippen LogP contribution in [0.3, 0.4) is 0 Å². The van der Waals surface area contributed by atoms with Crippen LogP contribution < -0.4 is 4.74 Å². The first-order valence-electron chi connectivity index (χ1n) is 8.48. The summed E-state index contributed by atoms with van der Waals surface area (Å²) in [5.41, 5.74) is 1.43. The van der Waals surface area contributed by atoms with Crippen LogP contribution in [0.2, 0.25) is 0 Å². The third-order valence-electron chi connectivity index (χ3n) is 3.71. The van der Waals surface area contributed by atoms with Gasteiger partial charge in [-0.2, -0.15) is 8.78 Å². The van der Waals surface area contributed by atoms with Gasteiger partial charge in [-0.15, -0.1) is 0 Å². The van der Waals surface area contributed by atoms with Gasteiger partial charge in [0.05, 0.1) is 5.69 Å². The van der Waals surface area contributed by atoms with Gasteiger partial charge in [-0.05, 0) is 36.6 Å². The molecule has 7 heteroatoms. The van der Waals surface area contributed by atoms with Gasteiger partial charge in [0.25, 0.3) is 0 Å². The highest BCUT2D eigenvalue weighted by molar-refractivity contribution is 8.02. The Morgan fingerprint density at radius 3 is 2.14 bits per heavy atom. The number of benzene rings is 3. The molecule has 0 aliphatic rings. The molecule has 0 heterocycles. The van der Waals surface area contributed by atoms with Crippen LogP contribution >= 0.6 is 11.8 Å². The first-order chi connectivity index (χ1) is 13.9. The molecule has 0 aliphatic carbocycles. The standard InChI is InChI=1S/C22H15F4NOS/c1-14-7-9-15(10-8-14)27-19(11-12-29-16-5-3-2-4-6-16)28-22-20(25)17(23)13-18(24)21(22)26/h2-13H,1H3. The molecule has 0 aliphatic heterocycles. The van der Waals surface area contributed by atoms with Crippen molar-refractivity contribution in [3.63, 3.8) is 0 Å². The summed E-state index contributed by atoms with van der Waals surface area (Å²) < 4.78 is 60.1. The molecule has 29 heavy (non-hydrogen) atoms. The Labute approximate surface area is 169 Å². The maximum absolute atomic E-state index is 14.0. The second-order valence-corrected chi connectivity index (χ2v) is 6.90. The van der Waals surface area contributed by atoms with Crippen molar-refractivity contribution in [1.29, 1.82) is 0 Å². The van der Waals surface area contributed by atoms with Crippen LogP contribution in [0, 0.1) is 30.2 Å². The van der Waals surface area contributed by atoms with Crippen molar-refractivity contribution >= 4 is 23.3 Å². The molecule has 0 fully saturated rings. The van der Waals surface area contributed by atoms with Gasteiger partial charge >= 0.3 is 0 Å². The SMILES string of the molecule is Cc1ccc(N=C(C=CSc2ccccc2)Oc2c(F)c(F)cc(F)c2F)cc1. The van der Waals surface area contributed by atoms with Crippen molar-refractivity contribution in [2.75, 3.05) is 0 Å². The van der Waals surface area contributed by atoms with Crippen LogP contribution in [-0.2, 0) is 0 Å². The normalized spacial score (nSPS) is 11.8. The quantitative estimate of drug-likeness (QED) is 0.147. The van der Waals surface area contributed by atoms with Gasteiger partial charge in [-0.25, -0.2) is 13.8 Å². The molecule has 2 nitrogen and oxygen atoms in total. The minimum Gasteiger partial charge on any atom is -0.433 e. The summed E-state index contributed by atoms with van der Waals surface area (Å²) in [6.07, 6.45) is 1.36. The topological polar surface area (TPSA) is 21.6 Å². The lowest BCUT2D eigenvalue weighted by molar-refractivity contribution is 0.390. The molecular weight excluding hydrogens is 402 g/mol. The summed E-state index contributed by atoms with van der Waals surface area (Å²) in [6.45, 7) is 1.89. The number of rotatable bonds is 5. The Balaban J connectivity index is 1.94. The van der Waals surface area contributed by atoms with E-state index in [4.69, 9.17) is 4.74 Å². The maximum Gasteiger partial charge on any atom is 0.220 e. The summed E-state index contributed by atoms with van der Waals surface area (Å²) in [5.74, 6) is -7.82. The molecule has 0 aromatic heterocycles. The van der Waals surface area contributed by atoms with Gasteiger partial charge < -0.3 is 4.74 Å². The zero-order valence-corrected chi connectivity index (χ0v) is 16.0. The largest absolute Gasteiger partial charge is 0.433 e. The van der Waals surface area contributed by atoms with E-state index in [2.05, 4.69) is 4.99 Å². The van der Waals surface area contributed by atoms with Crippen molar-refractivity contribution in [2.45, 2.75) is 11.8 Å². The molecule has 0 atom stereocenters. The zero-order chi connectivity index (χ0) is 20.8. The molecule has 0 N–H and O–H groups in total. The number of nitrogens with zero attached hydrogens (tertiary/aromatic N) is 1. The van der Waals surface area contributed by atoms with Gasteiger partial charge in [-0.1, -0.05) is 47.7 Å². The molecule has 3 aromatic rings. The lowest BCUT2D eigenvalue weighted by Gasteiger charge is -2.09. The first-order valence-corrected chi connectivity index (χ1v) is 9.36. The van der Waals surface area contributed by atoms with E-state index in [-0.39, 0.29) is 12.0 Å². The number of ether oxygens (including phenoxy) is 1. The monoisotopic (exact) mass is 417 g/mol. The second kappa shape index (κ2) is 9.43. The Hall–Kier alpha value is -3.06. The molecule has 3 rings (SSSR count). The fourth-order valence-electron chi connectivity index (χ4n) is 2.26. The van der Waals surface area contributed by atoms with E-state index < -0.39 is 29.0 Å². The Bertz CT molecular complexity index is 1020. The lowest BCUT2D eigenvalue weighted by atomic mass is 10.2. The molecule has 3 aromatic carbocycles. The molecule has 0 unspecified atom stereocenters. The van der Waals surface area contributed by atoms with Crippen molar-refractivity contribution in [1.82, 2.24) is 0 Å². The van der Waals surface area contributed by atoms with E-state index >= 15 is 0 Å². The van der Waals surface area contributed by atoms with Crippen molar-refractivity contribution in [2.24, 2.45) is 4.99 Å². The summed E-state index contributed by atoms with van der Waals surface area (Å²) >= 11 is 1.31. The fraction of sp³-hybridized carbons (Fsp3) is 0.0455. The molecule has 0 bridgehead atoms. The van der Waals surface area contributed by atoms with E-state index in [0.29, 0.717) is 5.69 Å². The molecular formula is C22H15F4NOS. The third-order valence-corrected chi connectivity index (χ3v) is 4.53. The van der Waals surface area contributed by atoms with Crippen LogP contribution in [0.1, 0.15) is 5.56 Å². The maximum atomic E-state index is 14.0. The number of hydrogen-bond acceptors (Lipinski definition) is 3. The van der Waals surface area contributed by atoms with Gasteiger partial charge in [0.2, 0.25) is 23.3 Å². The molecule has 0 spiro atoms. The van der Waals surface area contributed by atoms with E-state index in [1.54, 1.807) is 29.7 Å². The number of hydrogen-bond donors (Lipinski definition) is 0. The van der Waals surface area contributed by atoms with Gasteiger partial charge in [0.1, 0.15) is 0 Å². The minimum absolute atomic E-state index is 0.120. The van der Waals surface area contributed by atoms with E-state index in [1.165, 1.54) is 17.8 Å². The van der Waals surface area contributed by atoms with Crippen LogP contribution in [0.15, 0.2) is 82.0 Å². The van der Waals surface area contributed by atoms with E-state index in [9.17, 15) is 17.6 Å². The van der Waals surface area contributed by atoms with Crippen molar-refractivity contribution in [3.8, 4) is 5.75 Å². The fourth-order valence-corrected chi connectivity index (χ4v) is 2.91. The molecule has 0 radical (unpaired) electrons. The highest BCUT2D eigenvalue weighted by Crippen LogP contribution is 2.28. The Kier molecular flexibility index (Phi) is 6.72. The van der Waals surface area contributed by atoms with E-state index in [1.807, 2.05) is 37.3 Å². The third kappa shape index (κ3) is 5.48. The van der Waals surface area contributed by atoms with Crippen LogP contribution in [-0.4, -0.2) is 5.90 Å². The van der Waals surface area contributed by atoms with E-state index in [0.717, 1.165) is 10.5 Å². The van der Waals surface area contributed by atoms with Crippen molar-refractivity contribution in [3.05, 3.63) is 101 Å². The van der Waals surface area contributed by atoms with Crippen LogP contribution in [0.5, 0.6) is 5.75 Å². The Morgan fingerprint density at radius 2 is 1.52 bits per heavy atom. The molecule has 148 valence electrons. The zero-order valence-electron chi connectivity index (χ0n) is 15.2. The van der Waals surface area contributed by atoms with Crippen molar-refractivity contribution < 1.29 is 22.3 Å². The highest BCUT2D eigenvalue weighted by Gasteiger charge is 2.22. The summed E-state index contributed by atoms with van der Waals surface area (Å²) in [5, 5.41) is 1.59. The predicted molar refractivity (Wildman–Crippen MR) is 107 cm³/mol. The van der Waals surface area contributed by atoms with Gasteiger partial charge in [0, 0.05) is 17.0 Å². The summed E-state index contributed by atoms with van der Waals surface area (Å²) in [4.78, 5) is 5.09.